The molecule has 2 nitrogen and oxygen atoms in total. The van der Waals surface area contributed by atoms with E-state index >= 15 is 0 Å². The molecule has 0 unspecified atom stereocenters. The number of nitrogens with zero attached hydrogens (tertiary/aromatic N) is 2. The Morgan fingerprint density at radius 3 is 2.55 bits per heavy atom. The predicted octanol–water partition coefficient (Wildman–Crippen LogP) is 2.44. The van der Waals surface area contributed by atoms with Gasteiger partial charge in [-0.25, -0.2) is 0 Å². The van der Waals surface area contributed by atoms with Crippen LogP contribution in [0.1, 0.15) is 39.5 Å². The largest absolute Gasteiger partial charge is 0.159 e. The Morgan fingerprint density at radius 1 is 1.18 bits per heavy atom. The molecule has 1 radical (unpaired) electrons. The van der Waals surface area contributed by atoms with E-state index in [1.54, 1.807) is 0 Å². The van der Waals surface area contributed by atoms with Gasteiger partial charge in [0.05, 0.1) is 11.9 Å². The van der Waals surface area contributed by atoms with Crippen LogP contribution < -0.4 is 5.43 Å². The monoisotopic (exact) mass is 151 g/mol. The molecule has 0 saturated carbocycles. The van der Waals surface area contributed by atoms with Crippen molar-refractivity contribution < 1.29 is 0 Å². The zero-order valence-corrected chi connectivity index (χ0v) is 7.30. The van der Waals surface area contributed by atoms with Crippen LogP contribution in [0.4, 0.5) is 0 Å². The molecule has 1 heterocycles. The summed E-state index contributed by atoms with van der Waals surface area (Å²) in [6, 6.07) is 0. The molecule has 61 valence electrons. The predicted molar refractivity (Wildman–Crippen MR) is 47.5 cm³/mol. The van der Waals surface area contributed by atoms with Gasteiger partial charge < -0.3 is 0 Å². The highest BCUT2D eigenvalue weighted by Gasteiger charge is 2.10. The summed E-state index contributed by atoms with van der Waals surface area (Å²) in [5, 5.41) is 4.07. The Morgan fingerprint density at radius 2 is 1.91 bits per heavy atom. The minimum Gasteiger partial charge on any atom is -0.159 e. The quantitative estimate of drug-likeness (QED) is 0.590. The molecule has 0 fully saturated rings. The second kappa shape index (κ2) is 4.16. The lowest BCUT2D eigenvalue weighted by Gasteiger charge is -2.00. The first kappa shape index (κ1) is 8.31. The lowest BCUT2D eigenvalue weighted by Crippen LogP contribution is -1.98. The zero-order chi connectivity index (χ0) is 8.10. The average Bonchev–Trinajstić information content (AvgIpc) is 2.39. The van der Waals surface area contributed by atoms with Crippen LogP contribution in [-0.4, -0.2) is 5.71 Å². The Hall–Kier alpha value is -0.790. The van der Waals surface area contributed by atoms with E-state index in [4.69, 9.17) is 0 Å². The Kier molecular flexibility index (Phi) is 3.14. The summed E-state index contributed by atoms with van der Waals surface area (Å²) >= 11 is 0. The summed E-state index contributed by atoms with van der Waals surface area (Å²) in [6.07, 6.45) is 6.45. The van der Waals surface area contributed by atoms with Crippen molar-refractivity contribution in [3.63, 3.8) is 0 Å². The molecule has 0 spiro atoms. The second-order valence-corrected chi connectivity index (χ2v) is 2.82. The Bertz CT molecular complexity index is 160. The SMILES string of the molecule is CCCC1=C[N]N=C1CCC. The van der Waals surface area contributed by atoms with Crippen LogP contribution in [-0.2, 0) is 0 Å². The van der Waals surface area contributed by atoms with Gasteiger partial charge in [-0.15, -0.1) is 0 Å². The fourth-order valence-corrected chi connectivity index (χ4v) is 1.23. The lowest BCUT2D eigenvalue weighted by atomic mass is 10.0. The van der Waals surface area contributed by atoms with Gasteiger partial charge >= 0.3 is 0 Å². The van der Waals surface area contributed by atoms with Crippen molar-refractivity contribution in [2.75, 3.05) is 0 Å². The van der Waals surface area contributed by atoms with Crippen LogP contribution in [0.15, 0.2) is 16.9 Å². The average molecular weight is 151 g/mol. The summed E-state index contributed by atoms with van der Waals surface area (Å²) in [4.78, 5) is 0. The molecule has 0 aromatic carbocycles. The molecule has 1 aliphatic rings. The number of allylic oxidation sites excluding steroid dienone is 1. The molecular formula is C9H15N2. The van der Waals surface area contributed by atoms with E-state index in [1.165, 1.54) is 17.7 Å². The van der Waals surface area contributed by atoms with Crippen molar-refractivity contribution in [1.29, 1.82) is 0 Å². The van der Waals surface area contributed by atoms with Crippen LogP contribution in [0, 0.1) is 0 Å². The molecule has 1 rings (SSSR count). The number of rotatable bonds is 4. The van der Waals surface area contributed by atoms with Gasteiger partial charge in [0.2, 0.25) is 0 Å². The molecule has 0 saturated heterocycles. The van der Waals surface area contributed by atoms with Crippen LogP contribution in [0.2, 0.25) is 0 Å². The Labute approximate surface area is 68.4 Å². The van der Waals surface area contributed by atoms with Crippen molar-refractivity contribution in [3.05, 3.63) is 11.8 Å². The first-order chi connectivity index (χ1) is 5.38. The standard InChI is InChI=1S/C9H15N2/c1-3-5-8-7-10-11-9(8)6-4-2/h7H,3-6H2,1-2H3. The van der Waals surface area contributed by atoms with Gasteiger partial charge in [-0.2, -0.15) is 10.5 Å². The number of hydrogen-bond donors (Lipinski definition) is 0. The summed E-state index contributed by atoms with van der Waals surface area (Å²) in [6.45, 7) is 4.35. The molecule has 0 atom stereocenters. The third-order valence-electron chi connectivity index (χ3n) is 1.77. The van der Waals surface area contributed by atoms with Crippen LogP contribution >= 0.6 is 0 Å². The lowest BCUT2D eigenvalue weighted by molar-refractivity contribution is 0.919. The molecule has 0 aromatic heterocycles. The summed E-state index contributed by atoms with van der Waals surface area (Å²) in [7, 11) is 0. The summed E-state index contributed by atoms with van der Waals surface area (Å²) < 4.78 is 0. The zero-order valence-electron chi connectivity index (χ0n) is 7.30. The van der Waals surface area contributed by atoms with Crippen LogP contribution in [0.25, 0.3) is 0 Å². The van der Waals surface area contributed by atoms with E-state index < -0.39 is 0 Å². The van der Waals surface area contributed by atoms with Crippen molar-refractivity contribution in [2.45, 2.75) is 39.5 Å². The maximum absolute atomic E-state index is 4.07. The minimum atomic E-state index is 1.08. The fourth-order valence-electron chi connectivity index (χ4n) is 1.23. The summed E-state index contributed by atoms with van der Waals surface area (Å²) in [5.41, 5.74) is 6.45. The van der Waals surface area contributed by atoms with Gasteiger partial charge in [0.25, 0.3) is 0 Å². The van der Waals surface area contributed by atoms with Crippen molar-refractivity contribution >= 4 is 5.71 Å². The highest BCUT2D eigenvalue weighted by molar-refractivity contribution is 6.01. The summed E-state index contributed by atoms with van der Waals surface area (Å²) in [5.74, 6) is 0. The third kappa shape index (κ3) is 2.07. The fraction of sp³-hybridized carbons (Fsp3) is 0.667. The molecular weight excluding hydrogens is 136 g/mol. The van der Waals surface area contributed by atoms with Gasteiger partial charge in [-0.1, -0.05) is 26.7 Å². The minimum absolute atomic E-state index is 1.08. The van der Waals surface area contributed by atoms with E-state index in [9.17, 15) is 0 Å². The van der Waals surface area contributed by atoms with Crippen molar-refractivity contribution in [2.24, 2.45) is 5.10 Å². The van der Waals surface area contributed by atoms with Gasteiger partial charge in [0.15, 0.2) is 0 Å². The topological polar surface area (TPSA) is 26.5 Å². The van der Waals surface area contributed by atoms with E-state index in [-0.39, 0.29) is 0 Å². The van der Waals surface area contributed by atoms with Gasteiger partial charge in [-0.3, -0.25) is 0 Å². The molecule has 1 aliphatic heterocycles. The van der Waals surface area contributed by atoms with E-state index in [0.29, 0.717) is 0 Å². The van der Waals surface area contributed by atoms with E-state index in [2.05, 4.69) is 24.4 Å². The molecule has 0 amide bonds. The maximum atomic E-state index is 4.07. The molecule has 0 bridgehead atoms. The number of hydrogen-bond acceptors (Lipinski definition) is 1. The van der Waals surface area contributed by atoms with E-state index in [0.717, 1.165) is 19.3 Å². The normalized spacial score (nSPS) is 15.8. The molecule has 11 heavy (non-hydrogen) atoms. The highest BCUT2D eigenvalue weighted by Crippen LogP contribution is 2.14. The first-order valence-corrected chi connectivity index (χ1v) is 4.34. The molecule has 0 aromatic rings. The van der Waals surface area contributed by atoms with Crippen molar-refractivity contribution in [3.8, 4) is 0 Å². The first-order valence-electron chi connectivity index (χ1n) is 4.34. The molecule has 0 aliphatic carbocycles. The molecule has 2 heteroatoms. The van der Waals surface area contributed by atoms with E-state index in [1.807, 2.05) is 6.20 Å². The van der Waals surface area contributed by atoms with Gasteiger partial charge in [0, 0.05) is 0 Å². The highest BCUT2D eigenvalue weighted by atomic mass is 15.3. The third-order valence-corrected chi connectivity index (χ3v) is 1.77. The van der Waals surface area contributed by atoms with Crippen LogP contribution in [0.3, 0.4) is 0 Å². The Balaban J connectivity index is 2.46. The van der Waals surface area contributed by atoms with Crippen LogP contribution in [0.5, 0.6) is 0 Å². The molecule has 0 N–H and O–H groups in total. The maximum Gasteiger partial charge on any atom is 0.0678 e. The smallest absolute Gasteiger partial charge is 0.0678 e. The second-order valence-electron chi connectivity index (χ2n) is 2.82. The van der Waals surface area contributed by atoms with Gasteiger partial charge in [0.1, 0.15) is 0 Å². The van der Waals surface area contributed by atoms with Crippen molar-refractivity contribution in [1.82, 2.24) is 5.43 Å². The van der Waals surface area contributed by atoms with Gasteiger partial charge in [-0.05, 0) is 18.4 Å².